The van der Waals surface area contributed by atoms with Crippen LogP contribution >= 0.6 is 23.1 Å². The average Bonchev–Trinajstić information content (AvgIpc) is 3.10. The van der Waals surface area contributed by atoms with Crippen LogP contribution in [0.1, 0.15) is 18.1 Å². The molecule has 0 aliphatic rings. The predicted molar refractivity (Wildman–Crippen MR) is 109 cm³/mol. The highest BCUT2D eigenvalue weighted by atomic mass is 32.2. The molecule has 0 saturated carbocycles. The summed E-state index contributed by atoms with van der Waals surface area (Å²) in [6, 6.07) is 17.0. The molecule has 6 nitrogen and oxygen atoms in total. The van der Waals surface area contributed by atoms with E-state index in [0.29, 0.717) is 20.7 Å². The minimum absolute atomic E-state index is 0.189. The number of carbonyl (C=O) groups is 1. The highest BCUT2D eigenvalue weighted by molar-refractivity contribution is 8.02. The number of nitriles is 1. The first-order valence-electron chi connectivity index (χ1n) is 8.19. The first-order valence-corrected chi connectivity index (χ1v) is 9.88. The van der Waals surface area contributed by atoms with Crippen molar-refractivity contribution in [2.75, 3.05) is 10.6 Å². The molecule has 8 heteroatoms. The molecule has 1 aromatic heterocycles. The van der Waals surface area contributed by atoms with Crippen molar-refractivity contribution in [1.82, 2.24) is 10.2 Å². The number of nitrogens with zero attached hydrogens (tertiary/aromatic N) is 3. The molecule has 0 aliphatic heterocycles. The van der Waals surface area contributed by atoms with Gasteiger partial charge in [0, 0.05) is 5.69 Å². The van der Waals surface area contributed by atoms with Gasteiger partial charge in [-0.05, 0) is 38.1 Å². The van der Waals surface area contributed by atoms with Crippen LogP contribution in [0.3, 0.4) is 0 Å². The third-order valence-corrected chi connectivity index (χ3v) is 5.68. The number of hydrogen-bond donors (Lipinski definition) is 2. The van der Waals surface area contributed by atoms with Crippen molar-refractivity contribution in [1.29, 1.82) is 5.26 Å². The van der Waals surface area contributed by atoms with E-state index in [1.165, 1.54) is 28.7 Å². The van der Waals surface area contributed by atoms with Crippen LogP contribution in [0.15, 0.2) is 52.9 Å². The molecule has 0 fully saturated rings. The number of rotatable bonds is 6. The molecule has 2 aromatic carbocycles. The molecule has 3 aromatic rings. The number of aryl methyl sites for hydroxylation is 1. The largest absolute Gasteiger partial charge is 0.330 e. The van der Waals surface area contributed by atoms with Crippen LogP contribution in [-0.4, -0.2) is 21.4 Å². The number of nitrogens with one attached hydrogen (secondary N) is 2. The molecule has 27 heavy (non-hydrogen) atoms. The van der Waals surface area contributed by atoms with E-state index in [-0.39, 0.29) is 11.2 Å². The van der Waals surface area contributed by atoms with Crippen molar-refractivity contribution < 1.29 is 4.79 Å². The summed E-state index contributed by atoms with van der Waals surface area (Å²) in [5.41, 5.74) is 3.07. The number of anilines is 3. The Bertz CT molecular complexity index is 978. The minimum Gasteiger partial charge on any atom is -0.330 e. The molecule has 1 amide bonds. The van der Waals surface area contributed by atoms with Crippen LogP contribution in [0, 0.1) is 18.3 Å². The third kappa shape index (κ3) is 5.06. The van der Waals surface area contributed by atoms with Crippen molar-refractivity contribution in [3.63, 3.8) is 0 Å². The van der Waals surface area contributed by atoms with E-state index in [1.807, 2.05) is 31.2 Å². The zero-order chi connectivity index (χ0) is 19.2. The first kappa shape index (κ1) is 18.9. The fraction of sp³-hybridized carbons (Fsp3) is 0.158. The molecule has 2 N–H and O–H groups in total. The maximum absolute atomic E-state index is 12.4. The Labute approximate surface area is 165 Å². The zero-order valence-corrected chi connectivity index (χ0v) is 16.4. The predicted octanol–water partition coefficient (Wildman–Crippen LogP) is 4.58. The van der Waals surface area contributed by atoms with Gasteiger partial charge in [-0.15, -0.1) is 10.2 Å². The van der Waals surface area contributed by atoms with Crippen LogP contribution in [0.4, 0.5) is 16.5 Å². The number of hydrogen-bond acceptors (Lipinski definition) is 7. The second-order valence-electron chi connectivity index (χ2n) is 5.77. The van der Waals surface area contributed by atoms with Crippen LogP contribution < -0.4 is 10.6 Å². The van der Waals surface area contributed by atoms with E-state index >= 15 is 0 Å². The molecule has 0 saturated heterocycles. The highest BCUT2D eigenvalue weighted by Crippen LogP contribution is 2.31. The smallest absolute Gasteiger partial charge is 0.237 e. The summed E-state index contributed by atoms with van der Waals surface area (Å²) in [5, 5.41) is 23.7. The van der Waals surface area contributed by atoms with E-state index in [2.05, 4.69) is 26.9 Å². The van der Waals surface area contributed by atoms with Gasteiger partial charge in [0.1, 0.15) is 6.07 Å². The van der Waals surface area contributed by atoms with Crippen molar-refractivity contribution in [3.8, 4) is 6.07 Å². The van der Waals surface area contributed by atoms with E-state index in [4.69, 9.17) is 5.26 Å². The van der Waals surface area contributed by atoms with E-state index in [9.17, 15) is 4.79 Å². The summed E-state index contributed by atoms with van der Waals surface area (Å²) in [5.74, 6) is -0.189. The monoisotopic (exact) mass is 395 g/mol. The SMILES string of the molecule is Cc1ccc(Nc2nnc(SC(C)C(=O)Nc3ccccc3C#N)s2)cc1. The molecule has 136 valence electrons. The lowest BCUT2D eigenvalue weighted by Crippen LogP contribution is -2.22. The van der Waals surface area contributed by atoms with Gasteiger partial charge in [-0.2, -0.15) is 5.26 Å². The van der Waals surface area contributed by atoms with Gasteiger partial charge >= 0.3 is 0 Å². The molecule has 1 atom stereocenters. The van der Waals surface area contributed by atoms with Crippen LogP contribution in [0.25, 0.3) is 0 Å². The maximum atomic E-state index is 12.4. The van der Waals surface area contributed by atoms with Crippen LogP contribution in [0.5, 0.6) is 0 Å². The minimum atomic E-state index is -0.378. The summed E-state index contributed by atoms with van der Waals surface area (Å²) in [6.07, 6.45) is 0. The molecule has 1 heterocycles. The second-order valence-corrected chi connectivity index (χ2v) is 8.34. The van der Waals surface area contributed by atoms with Gasteiger partial charge in [0.25, 0.3) is 0 Å². The lowest BCUT2D eigenvalue weighted by Gasteiger charge is -2.11. The van der Waals surface area contributed by atoms with Gasteiger partial charge in [0.15, 0.2) is 4.34 Å². The normalized spacial score (nSPS) is 11.4. The number of benzene rings is 2. The number of amides is 1. The quantitative estimate of drug-likeness (QED) is 0.594. The van der Waals surface area contributed by atoms with Crippen LogP contribution in [-0.2, 0) is 4.79 Å². The average molecular weight is 396 g/mol. The summed E-state index contributed by atoms with van der Waals surface area (Å²) >= 11 is 2.72. The standard InChI is InChI=1S/C19H17N5OS2/c1-12-7-9-15(10-8-12)21-18-23-24-19(27-18)26-13(2)17(25)22-16-6-4-3-5-14(16)11-20/h3-10,13H,1-2H3,(H,21,23)(H,22,25). The molecule has 0 spiro atoms. The maximum Gasteiger partial charge on any atom is 0.237 e. The summed E-state index contributed by atoms with van der Waals surface area (Å²) in [7, 11) is 0. The Morgan fingerprint density at radius 1 is 1.19 bits per heavy atom. The number of para-hydroxylation sites is 1. The first-order chi connectivity index (χ1) is 13.0. The van der Waals surface area contributed by atoms with E-state index in [0.717, 1.165) is 5.69 Å². The third-order valence-electron chi connectivity index (χ3n) is 3.66. The fourth-order valence-corrected chi connectivity index (χ4v) is 4.11. The lowest BCUT2D eigenvalue weighted by atomic mass is 10.2. The Morgan fingerprint density at radius 2 is 1.93 bits per heavy atom. The van der Waals surface area contributed by atoms with Gasteiger partial charge in [0.2, 0.25) is 11.0 Å². The topological polar surface area (TPSA) is 90.7 Å². The molecule has 0 aliphatic carbocycles. The van der Waals surface area contributed by atoms with Crippen molar-refractivity contribution in [2.24, 2.45) is 0 Å². The Hall–Kier alpha value is -2.89. The number of thioether (sulfide) groups is 1. The molecule has 1 unspecified atom stereocenters. The van der Waals surface area contributed by atoms with Crippen molar-refractivity contribution >= 4 is 45.5 Å². The summed E-state index contributed by atoms with van der Waals surface area (Å²) < 4.78 is 0.695. The van der Waals surface area contributed by atoms with Gasteiger partial charge < -0.3 is 10.6 Å². The van der Waals surface area contributed by atoms with E-state index < -0.39 is 0 Å². The Kier molecular flexibility index (Phi) is 6.06. The zero-order valence-electron chi connectivity index (χ0n) is 14.8. The molecule has 0 bridgehead atoms. The number of carbonyl (C=O) groups excluding carboxylic acids is 1. The van der Waals surface area contributed by atoms with Crippen LogP contribution in [0.2, 0.25) is 0 Å². The second kappa shape index (κ2) is 8.66. The Balaban J connectivity index is 1.60. The van der Waals surface area contributed by atoms with Gasteiger partial charge in [-0.25, -0.2) is 0 Å². The van der Waals surface area contributed by atoms with Crippen molar-refractivity contribution in [2.45, 2.75) is 23.4 Å². The molecular formula is C19H17N5OS2. The van der Waals surface area contributed by atoms with Gasteiger partial charge in [-0.3, -0.25) is 4.79 Å². The van der Waals surface area contributed by atoms with Gasteiger partial charge in [-0.1, -0.05) is 52.9 Å². The highest BCUT2D eigenvalue weighted by Gasteiger charge is 2.18. The molecule has 3 rings (SSSR count). The van der Waals surface area contributed by atoms with Gasteiger partial charge in [0.05, 0.1) is 16.5 Å². The van der Waals surface area contributed by atoms with E-state index in [1.54, 1.807) is 31.2 Å². The molecular weight excluding hydrogens is 378 g/mol. The molecule has 0 radical (unpaired) electrons. The number of aromatic nitrogens is 2. The fourth-order valence-electron chi connectivity index (χ4n) is 2.20. The van der Waals surface area contributed by atoms with Crippen molar-refractivity contribution in [3.05, 3.63) is 59.7 Å². The lowest BCUT2D eigenvalue weighted by molar-refractivity contribution is -0.115. The summed E-state index contributed by atoms with van der Waals surface area (Å²) in [4.78, 5) is 12.4. The summed E-state index contributed by atoms with van der Waals surface area (Å²) in [6.45, 7) is 3.83. The Morgan fingerprint density at radius 3 is 2.67 bits per heavy atom.